The predicted octanol–water partition coefficient (Wildman–Crippen LogP) is 5.70. The zero-order valence-corrected chi connectivity index (χ0v) is 24.2. The van der Waals surface area contributed by atoms with Gasteiger partial charge in [0.2, 0.25) is 6.41 Å². The molecule has 14 heteroatoms. The van der Waals surface area contributed by atoms with Crippen LogP contribution in [-0.2, 0) is 11.0 Å². The first-order chi connectivity index (χ1) is 21.5. The van der Waals surface area contributed by atoms with Gasteiger partial charge in [-0.05, 0) is 69.4 Å². The zero-order chi connectivity index (χ0) is 32.7. The van der Waals surface area contributed by atoms with Gasteiger partial charge in [0.25, 0.3) is 0 Å². The number of pyridine rings is 1. The molecule has 1 aliphatic heterocycles. The van der Waals surface area contributed by atoms with Crippen LogP contribution in [-0.4, -0.2) is 65.6 Å². The number of nitrogens with zero attached hydrogens (tertiary/aromatic N) is 6. The molecule has 3 heterocycles. The van der Waals surface area contributed by atoms with E-state index in [1.165, 1.54) is 29.1 Å². The van der Waals surface area contributed by atoms with Crippen LogP contribution in [0.3, 0.4) is 0 Å². The molecule has 234 valence electrons. The molecule has 0 unspecified atom stereocenters. The van der Waals surface area contributed by atoms with E-state index in [1.54, 1.807) is 30.3 Å². The number of benzene rings is 2. The van der Waals surface area contributed by atoms with E-state index < -0.39 is 23.4 Å². The molecule has 9 nitrogen and oxygen atoms in total. The summed E-state index contributed by atoms with van der Waals surface area (Å²) in [6.07, 6.45) is 1.20. The normalized spacial score (nSPS) is 13.7. The van der Waals surface area contributed by atoms with Crippen LogP contribution < -0.4 is 10.2 Å². The predicted molar refractivity (Wildman–Crippen MR) is 157 cm³/mol. The Morgan fingerprint density at radius 3 is 2.36 bits per heavy atom. The molecule has 0 atom stereocenters. The molecular weight excluding hydrogens is 597 g/mol. The van der Waals surface area contributed by atoms with Crippen LogP contribution in [0.15, 0.2) is 60.9 Å². The highest BCUT2D eigenvalue weighted by atomic mass is 19.4. The number of halogens is 5. The second kappa shape index (κ2) is 14.1. The lowest BCUT2D eigenvalue weighted by atomic mass is 10.0. The van der Waals surface area contributed by atoms with Crippen molar-refractivity contribution in [2.24, 2.45) is 0 Å². The Morgan fingerprint density at radius 1 is 1.07 bits per heavy atom. The number of hydrogen-bond acceptors (Lipinski definition) is 7. The molecule has 2 aromatic carbocycles. The van der Waals surface area contributed by atoms with E-state index in [4.69, 9.17) is 5.26 Å². The van der Waals surface area contributed by atoms with E-state index in [9.17, 15) is 31.5 Å². The maximum absolute atomic E-state index is 13.9. The van der Waals surface area contributed by atoms with Crippen molar-refractivity contribution in [3.05, 3.63) is 89.4 Å². The number of nitriles is 1. The van der Waals surface area contributed by atoms with Gasteiger partial charge in [0, 0.05) is 43.2 Å². The Morgan fingerprint density at radius 2 is 1.80 bits per heavy atom. The lowest BCUT2D eigenvalue weighted by molar-refractivity contribution is -0.140. The first-order valence-electron chi connectivity index (χ1n) is 13.7. The third-order valence-electron chi connectivity index (χ3n) is 7.26. The number of carbonyl (C=O) groups is 2. The Balaban J connectivity index is 0.000000207. The number of alkyl halides is 3. The summed E-state index contributed by atoms with van der Waals surface area (Å²) in [4.78, 5) is 30.2. The minimum atomic E-state index is -4.78. The fourth-order valence-corrected chi connectivity index (χ4v) is 4.91. The van der Waals surface area contributed by atoms with Crippen molar-refractivity contribution in [2.45, 2.75) is 25.1 Å². The van der Waals surface area contributed by atoms with E-state index in [0.29, 0.717) is 35.0 Å². The number of aromatic nitrogens is 3. The fraction of sp³-hybridized carbons (Fsp3) is 0.258. The molecular formula is C31H28F5N7O2. The van der Waals surface area contributed by atoms with Crippen LogP contribution in [0.5, 0.6) is 0 Å². The summed E-state index contributed by atoms with van der Waals surface area (Å²) in [7, 11) is 3.73. The van der Waals surface area contributed by atoms with Gasteiger partial charge >= 0.3 is 6.18 Å². The summed E-state index contributed by atoms with van der Waals surface area (Å²) in [5.74, 6) is -2.02. The third-order valence-corrected chi connectivity index (χ3v) is 7.26. The Hall–Kier alpha value is -5.16. The van der Waals surface area contributed by atoms with E-state index in [-0.39, 0.29) is 23.0 Å². The lowest BCUT2D eigenvalue weighted by Gasteiger charge is -2.36. The van der Waals surface area contributed by atoms with Crippen molar-refractivity contribution >= 4 is 24.1 Å². The molecule has 0 spiro atoms. The second-order valence-electron chi connectivity index (χ2n) is 10.1. The average Bonchev–Trinajstić information content (AvgIpc) is 3.47. The fourth-order valence-electron chi connectivity index (χ4n) is 4.91. The summed E-state index contributed by atoms with van der Waals surface area (Å²) in [6.45, 7) is 1.81. The molecule has 1 saturated heterocycles. The molecule has 0 radical (unpaired) electrons. The van der Waals surface area contributed by atoms with Crippen LogP contribution in [0.2, 0.25) is 0 Å². The van der Waals surface area contributed by atoms with Crippen molar-refractivity contribution in [3.8, 4) is 23.0 Å². The molecule has 45 heavy (non-hydrogen) atoms. The van der Waals surface area contributed by atoms with Crippen molar-refractivity contribution < 1.29 is 31.5 Å². The smallest absolute Gasteiger partial charge is 0.386 e. The van der Waals surface area contributed by atoms with Crippen LogP contribution in [0.4, 0.5) is 33.3 Å². The van der Waals surface area contributed by atoms with Crippen molar-refractivity contribution in [1.82, 2.24) is 19.7 Å². The first kappa shape index (κ1) is 32.7. The number of hydrogen-bond donors (Lipinski definition) is 1. The summed E-state index contributed by atoms with van der Waals surface area (Å²) < 4.78 is 66.9. The van der Waals surface area contributed by atoms with Gasteiger partial charge in [-0.25, -0.2) is 13.5 Å². The molecule has 4 aromatic rings. The first-order valence-corrected chi connectivity index (χ1v) is 13.7. The Bertz CT molecular complexity index is 1700. The molecule has 1 N–H and O–H groups in total. The van der Waals surface area contributed by atoms with Crippen LogP contribution in [0.25, 0.3) is 16.9 Å². The highest BCUT2D eigenvalue weighted by molar-refractivity contribution is 5.85. The molecule has 0 aliphatic carbocycles. The Kier molecular flexibility index (Phi) is 10.2. The standard InChI is InChI=1S/C16H9F4N3O.C15H19FN4O/c17-14-7-12(3-4-13(14)16(18,19)20)23-15(6-11(9-24)22-23)10-2-1-5-21-8-10;1-18-14-7-11(9-17)13(16)8-15(14)20(10-21)12-3-5-19(2)6-4-12/h1-9H;7-8,10,12,18H,3-6H2,1-2H3. The number of amides is 1. The molecule has 1 amide bonds. The number of aldehydes is 1. The van der Waals surface area contributed by atoms with E-state index in [2.05, 4.69) is 20.3 Å². The topological polar surface area (TPSA) is 107 Å². The van der Waals surface area contributed by atoms with Gasteiger partial charge in [-0.3, -0.25) is 14.6 Å². The van der Waals surface area contributed by atoms with E-state index >= 15 is 0 Å². The van der Waals surface area contributed by atoms with Gasteiger partial charge in [-0.15, -0.1) is 0 Å². The second-order valence-corrected chi connectivity index (χ2v) is 10.1. The summed E-state index contributed by atoms with van der Waals surface area (Å²) in [5, 5.41) is 15.8. The molecule has 5 rings (SSSR count). The van der Waals surface area contributed by atoms with Gasteiger partial charge in [-0.2, -0.15) is 23.5 Å². The minimum absolute atomic E-state index is 0.0303. The van der Waals surface area contributed by atoms with Gasteiger partial charge in [0.15, 0.2) is 6.29 Å². The number of likely N-dealkylation sites (tertiary alicyclic amines) is 1. The van der Waals surface area contributed by atoms with Crippen LogP contribution >= 0.6 is 0 Å². The monoisotopic (exact) mass is 625 g/mol. The van der Waals surface area contributed by atoms with Gasteiger partial charge in [-0.1, -0.05) is 0 Å². The zero-order valence-electron chi connectivity index (χ0n) is 24.2. The quantitative estimate of drug-likeness (QED) is 0.207. The number of piperidine rings is 1. The lowest BCUT2D eigenvalue weighted by Crippen LogP contribution is -2.43. The molecule has 2 aromatic heterocycles. The minimum Gasteiger partial charge on any atom is -0.386 e. The SMILES string of the molecule is CNc1cc(C#N)c(F)cc1N(C=O)C1CCN(C)CC1.O=Cc1cc(-c2cccnc2)n(-c2ccc(C(F)(F)F)c(F)c2)n1. The average molecular weight is 626 g/mol. The highest BCUT2D eigenvalue weighted by Gasteiger charge is 2.34. The summed E-state index contributed by atoms with van der Waals surface area (Å²) in [6, 6.07) is 11.8. The highest BCUT2D eigenvalue weighted by Crippen LogP contribution is 2.34. The number of nitrogens with one attached hydrogen (secondary N) is 1. The van der Waals surface area contributed by atoms with Crippen LogP contribution in [0, 0.1) is 23.0 Å². The third kappa shape index (κ3) is 7.50. The maximum atomic E-state index is 13.9. The Labute approximate surface area is 255 Å². The maximum Gasteiger partial charge on any atom is 0.419 e. The summed E-state index contributed by atoms with van der Waals surface area (Å²) >= 11 is 0. The van der Waals surface area contributed by atoms with Crippen molar-refractivity contribution in [2.75, 3.05) is 37.4 Å². The van der Waals surface area contributed by atoms with Gasteiger partial charge in [0.1, 0.15) is 23.4 Å². The van der Waals surface area contributed by atoms with Crippen molar-refractivity contribution in [3.63, 3.8) is 0 Å². The number of carbonyl (C=O) groups excluding carboxylic acids is 2. The van der Waals surface area contributed by atoms with Gasteiger partial charge < -0.3 is 15.1 Å². The summed E-state index contributed by atoms with van der Waals surface area (Å²) in [5.41, 5.74) is 0.788. The van der Waals surface area contributed by atoms with E-state index in [1.807, 2.05) is 13.1 Å². The largest absolute Gasteiger partial charge is 0.419 e. The van der Waals surface area contributed by atoms with Crippen molar-refractivity contribution in [1.29, 1.82) is 5.26 Å². The molecule has 1 fully saturated rings. The molecule has 0 bridgehead atoms. The molecule has 1 aliphatic rings. The number of rotatable bonds is 7. The van der Waals surface area contributed by atoms with E-state index in [0.717, 1.165) is 44.5 Å². The number of anilines is 2. The molecule has 0 saturated carbocycles. The van der Waals surface area contributed by atoms with Gasteiger partial charge in [0.05, 0.1) is 33.9 Å². The van der Waals surface area contributed by atoms with Crippen LogP contribution in [0.1, 0.15) is 34.5 Å².